The molecule has 1 rings (SSSR count). The Morgan fingerprint density at radius 1 is 1.44 bits per heavy atom. The molecular weight excluding hydrogens is 206 g/mol. The van der Waals surface area contributed by atoms with Gasteiger partial charge in [-0.3, -0.25) is 9.69 Å². The van der Waals surface area contributed by atoms with Crippen molar-refractivity contribution in [1.29, 1.82) is 0 Å². The lowest BCUT2D eigenvalue weighted by Gasteiger charge is -2.26. The van der Waals surface area contributed by atoms with Crippen LogP contribution in [0.5, 0.6) is 0 Å². The molecule has 0 aromatic carbocycles. The van der Waals surface area contributed by atoms with Crippen molar-refractivity contribution in [3.05, 3.63) is 0 Å². The Kier molecular flexibility index (Phi) is 3.97. The number of carbonyl (C=O) groups is 1. The van der Waals surface area contributed by atoms with Gasteiger partial charge in [-0.1, -0.05) is 0 Å². The lowest BCUT2D eigenvalue weighted by atomic mass is 10.1. The summed E-state index contributed by atoms with van der Waals surface area (Å²) in [5.41, 5.74) is -0.208. The maximum atomic E-state index is 11.1. The fourth-order valence-electron chi connectivity index (χ4n) is 2.22. The standard InChI is InChI=1S/C12H23NO3/c1-8(2)13-7-9(16-12(3,4)5)6-10(13)11(14)15/h8-10H,6-7H2,1-5H3,(H,14,15)/t9-,10-/m0/s1. The van der Waals surface area contributed by atoms with Crippen molar-refractivity contribution >= 4 is 5.97 Å². The molecule has 4 nitrogen and oxygen atoms in total. The van der Waals surface area contributed by atoms with Crippen LogP contribution < -0.4 is 0 Å². The minimum absolute atomic E-state index is 0.0310. The lowest BCUT2D eigenvalue weighted by Crippen LogP contribution is -2.40. The van der Waals surface area contributed by atoms with E-state index < -0.39 is 12.0 Å². The number of carboxylic acids is 1. The van der Waals surface area contributed by atoms with E-state index in [1.165, 1.54) is 0 Å². The van der Waals surface area contributed by atoms with Gasteiger partial charge < -0.3 is 9.84 Å². The molecular formula is C12H23NO3. The van der Waals surface area contributed by atoms with E-state index in [2.05, 4.69) is 0 Å². The predicted molar refractivity (Wildman–Crippen MR) is 62.5 cm³/mol. The van der Waals surface area contributed by atoms with Crippen molar-refractivity contribution in [2.24, 2.45) is 0 Å². The van der Waals surface area contributed by atoms with E-state index in [1.54, 1.807) is 0 Å². The molecule has 0 aromatic heterocycles. The molecule has 0 saturated carbocycles. The fraction of sp³-hybridized carbons (Fsp3) is 0.917. The van der Waals surface area contributed by atoms with Gasteiger partial charge in [-0.05, 0) is 34.6 Å². The topological polar surface area (TPSA) is 49.8 Å². The van der Waals surface area contributed by atoms with Crippen LogP contribution in [0.1, 0.15) is 41.0 Å². The third-order valence-corrected chi connectivity index (χ3v) is 2.77. The average molecular weight is 229 g/mol. The number of hydrogen-bond donors (Lipinski definition) is 1. The van der Waals surface area contributed by atoms with Crippen LogP contribution in [-0.4, -0.2) is 46.3 Å². The molecule has 0 aliphatic carbocycles. The van der Waals surface area contributed by atoms with Crippen molar-refractivity contribution in [2.45, 2.75) is 64.8 Å². The molecule has 2 atom stereocenters. The Bertz CT molecular complexity index is 257. The molecule has 4 heteroatoms. The van der Waals surface area contributed by atoms with Crippen molar-refractivity contribution in [3.8, 4) is 0 Å². The fourth-order valence-corrected chi connectivity index (χ4v) is 2.22. The molecule has 0 spiro atoms. The monoisotopic (exact) mass is 229 g/mol. The highest BCUT2D eigenvalue weighted by Crippen LogP contribution is 2.26. The number of hydrogen-bond acceptors (Lipinski definition) is 3. The minimum atomic E-state index is -0.742. The van der Waals surface area contributed by atoms with Crippen molar-refractivity contribution in [1.82, 2.24) is 4.90 Å². The van der Waals surface area contributed by atoms with E-state index in [1.807, 2.05) is 39.5 Å². The highest BCUT2D eigenvalue weighted by atomic mass is 16.5. The van der Waals surface area contributed by atoms with Gasteiger partial charge >= 0.3 is 5.97 Å². The highest BCUT2D eigenvalue weighted by molar-refractivity contribution is 5.74. The summed E-state index contributed by atoms with van der Waals surface area (Å²) in [6, 6.07) is -0.151. The molecule has 0 radical (unpaired) electrons. The van der Waals surface area contributed by atoms with E-state index in [-0.39, 0.29) is 17.7 Å². The van der Waals surface area contributed by atoms with Crippen LogP contribution in [0.3, 0.4) is 0 Å². The zero-order valence-corrected chi connectivity index (χ0v) is 10.9. The van der Waals surface area contributed by atoms with Gasteiger partial charge in [0, 0.05) is 19.0 Å². The Balaban J connectivity index is 2.66. The molecule has 1 fully saturated rings. The summed E-state index contributed by atoms with van der Waals surface area (Å²) in [6.07, 6.45) is 0.619. The molecule has 1 N–H and O–H groups in total. The molecule has 1 heterocycles. The van der Waals surface area contributed by atoms with Gasteiger partial charge in [0.1, 0.15) is 6.04 Å². The summed E-state index contributed by atoms with van der Waals surface area (Å²) in [4.78, 5) is 13.1. The summed E-state index contributed by atoms with van der Waals surface area (Å²) in [6.45, 7) is 10.8. The zero-order chi connectivity index (χ0) is 12.5. The lowest BCUT2D eigenvalue weighted by molar-refractivity contribution is -0.142. The Morgan fingerprint density at radius 3 is 2.31 bits per heavy atom. The first kappa shape index (κ1) is 13.5. The van der Waals surface area contributed by atoms with Gasteiger partial charge in [0.2, 0.25) is 0 Å². The largest absolute Gasteiger partial charge is 0.480 e. The predicted octanol–water partition coefficient (Wildman–Crippen LogP) is 1.74. The van der Waals surface area contributed by atoms with E-state index in [4.69, 9.17) is 9.84 Å². The maximum Gasteiger partial charge on any atom is 0.321 e. The van der Waals surface area contributed by atoms with Crippen LogP contribution in [0.25, 0.3) is 0 Å². The Hall–Kier alpha value is -0.610. The minimum Gasteiger partial charge on any atom is -0.480 e. The summed E-state index contributed by atoms with van der Waals surface area (Å²) in [5, 5.41) is 9.15. The molecule has 1 aliphatic heterocycles. The van der Waals surface area contributed by atoms with Crippen molar-refractivity contribution < 1.29 is 14.6 Å². The molecule has 16 heavy (non-hydrogen) atoms. The Labute approximate surface area is 97.6 Å². The summed E-state index contributed by atoms with van der Waals surface area (Å²) < 4.78 is 5.85. The zero-order valence-electron chi connectivity index (χ0n) is 10.9. The van der Waals surface area contributed by atoms with Crippen LogP contribution in [0.15, 0.2) is 0 Å². The first-order chi connectivity index (χ1) is 7.20. The van der Waals surface area contributed by atoms with E-state index in [0.717, 1.165) is 0 Å². The number of aliphatic carboxylic acids is 1. The number of rotatable bonds is 3. The molecule has 0 amide bonds. The van der Waals surface area contributed by atoms with Crippen molar-refractivity contribution in [3.63, 3.8) is 0 Å². The van der Waals surface area contributed by atoms with E-state index in [0.29, 0.717) is 13.0 Å². The number of carboxylic acid groups (broad SMARTS) is 1. The third-order valence-electron chi connectivity index (χ3n) is 2.77. The SMILES string of the molecule is CC(C)N1C[C@@H](OC(C)(C)C)C[C@H]1C(=O)O. The van der Waals surface area contributed by atoms with Gasteiger partial charge in [0.05, 0.1) is 11.7 Å². The van der Waals surface area contributed by atoms with Crippen LogP contribution >= 0.6 is 0 Å². The summed E-state index contributed by atoms with van der Waals surface area (Å²) in [7, 11) is 0. The third kappa shape index (κ3) is 3.46. The number of likely N-dealkylation sites (tertiary alicyclic amines) is 1. The smallest absolute Gasteiger partial charge is 0.321 e. The van der Waals surface area contributed by atoms with Gasteiger partial charge in [-0.2, -0.15) is 0 Å². The molecule has 1 aliphatic rings. The Morgan fingerprint density at radius 2 is 2.00 bits per heavy atom. The van der Waals surface area contributed by atoms with Crippen LogP contribution in [0, 0.1) is 0 Å². The van der Waals surface area contributed by atoms with E-state index >= 15 is 0 Å². The van der Waals surface area contributed by atoms with E-state index in [9.17, 15) is 4.79 Å². The molecule has 0 bridgehead atoms. The highest BCUT2D eigenvalue weighted by Gasteiger charge is 2.39. The summed E-state index contributed by atoms with van der Waals surface area (Å²) in [5.74, 6) is -0.742. The van der Waals surface area contributed by atoms with Crippen LogP contribution in [0.2, 0.25) is 0 Å². The average Bonchev–Trinajstić information content (AvgIpc) is 2.44. The number of nitrogens with zero attached hydrogens (tertiary/aromatic N) is 1. The first-order valence-corrected chi connectivity index (χ1v) is 5.87. The second kappa shape index (κ2) is 4.72. The van der Waals surface area contributed by atoms with Crippen LogP contribution in [0.4, 0.5) is 0 Å². The number of ether oxygens (including phenoxy) is 1. The van der Waals surface area contributed by atoms with Gasteiger partial charge in [-0.25, -0.2) is 0 Å². The molecule has 0 unspecified atom stereocenters. The van der Waals surface area contributed by atoms with Gasteiger partial charge in [-0.15, -0.1) is 0 Å². The second-order valence-electron chi connectivity index (χ2n) is 5.73. The molecule has 1 saturated heterocycles. The molecule has 94 valence electrons. The normalized spacial score (nSPS) is 27.6. The quantitative estimate of drug-likeness (QED) is 0.801. The van der Waals surface area contributed by atoms with Gasteiger partial charge in [0.25, 0.3) is 0 Å². The maximum absolute atomic E-state index is 11.1. The summed E-state index contributed by atoms with van der Waals surface area (Å²) >= 11 is 0. The molecule has 0 aromatic rings. The van der Waals surface area contributed by atoms with Crippen LogP contribution in [-0.2, 0) is 9.53 Å². The van der Waals surface area contributed by atoms with Gasteiger partial charge in [0.15, 0.2) is 0 Å². The first-order valence-electron chi connectivity index (χ1n) is 5.87. The second-order valence-corrected chi connectivity index (χ2v) is 5.73. The van der Waals surface area contributed by atoms with Crippen molar-refractivity contribution in [2.75, 3.05) is 6.54 Å².